The topological polar surface area (TPSA) is 26.0 Å². The molecule has 1 aromatic carbocycles. The smallest absolute Gasteiger partial charge is 0.128 e. The van der Waals surface area contributed by atoms with Crippen LogP contribution in [0.1, 0.15) is 11.1 Å². The predicted molar refractivity (Wildman–Crippen MR) is 50.8 cm³/mol. The van der Waals surface area contributed by atoms with Gasteiger partial charge in [0.15, 0.2) is 0 Å². The van der Waals surface area contributed by atoms with Crippen molar-refractivity contribution in [2.75, 3.05) is 6.26 Å². The second-order valence-corrected chi connectivity index (χ2v) is 3.47. The van der Waals surface area contributed by atoms with Gasteiger partial charge in [-0.15, -0.1) is 11.8 Å². The molecule has 0 aliphatic rings. The average Bonchev–Trinajstić information content (AvgIpc) is 2.05. The number of hydrogen-bond donors (Lipinski definition) is 1. The summed E-state index contributed by atoms with van der Waals surface area (Å²) in [6.45, 7) is 2.16. The average molecular weight is 185 g/mol. The van der Waals surface area contributed by atoms with Gasteiger partial charge in [0.25, 0.3) is 0 Å². The van der Waals surface area contributed by atoms with E-state index < -0.39 is 0 Å². The molecule has 2 N–H and O–H groups in total. The summed E-state index contributed by atoms with van der Waals surface area (Å²) in [7, 11) is 0. The molecule has 0 saturated carbocycles. The molecule has 0 atom stereocenters. The van der Waals surface area contributed by atoms with Gasteiger partial charge in [-0.1, -0.05) is 0 Å². The summed E-state index contributed by atoms with van der Waals surface area (Å²) in [5, 5.41) is 0. The highest BCUT2D eigenvalue weighted by Gasteiger charge is 2.04. The summed E-state index contributed by atoms with van der Waals surface area (Å²) >= 11 is 1.61. The third-order valence-electron chi connectivity index (χ3n) is 1.78. The predicted octanol–water partition coefficient (Wildman–Crippen LogP) is 2.31. The monoisotopic (exact) mass is 185 g/mol. The van der Waals surface area contributed by atoms with Crippen molar-refractivity contribution < 1.29 is 4.39 Å². The Bertz CT molecular complexity index is 261. The van der Waals surface area contributed by atoms with Crippen LogP contribution in [0.4, 0.5) is 4.39 Å². The van der Waals surface area contributed by atoms with E-state index in [9.17, 15) is 4.39 Å². The minimum atomic E-state index is -0.201. The lowest BCUT2D eigenvalue weighted by Gasteiger charge is -2.06. The SMILES string of the molecule is CSc1cc(CN)c(F)cc1C. The van der Waals surface area contributed by atoms with Gasteiger partial charge in [-0.3, -0.25) is 0 Å². The van der Waals surface area contributed by atoms with Crippen LogP contribution < -0.4 is 5.73 Å². The van der Waals surface area contributed by atoms with Gasteiger partial charge < -0.3 is 5.73 Å². The first-order valence-electron chi connectivity index (χ1n) is 3.72. The molecule has 66 valence electrons. The van der Waals surface area contributed by atoms with Gasteiger partial charge in [-0.2, -0.15) is 0 Å². The van der Waals surface area contributed by atoms with Crippen molar-refractivity contribution in [2.24, 2.45) is 5.73 Å². The maximum absolute atomic E-state index is 13.1. The Balaban J connectivity index is 3.18. The molecule has 1 nitrogen and oxygen atoms in total. The van der Waals surface area contributed by atoms with E-state index in [1.54, 1.807) is 11.8 Å². The molecule has 0 radical (unpaired) electrons. The maximum atomic E-state index is 13.1. The lowest BCUT2D eigenvalue weighted by atomic mass is 10.1. The van der Waals surface area contributed by atoms with Crippen molar-refractivity contribution >= 4 is 11.8 Å². The Morgan fingerprint density at radius 1 is 1.50 bits per heavy atom. The van der Waals surface area contributed by atoms with Crippen LogP contribution in [0.25, 0.3) is 0 Å². The van der Waals surface area contributed by atoms with E-state index in [2.05, 4.69) is 0 Å². The Labute approximate surface area is 76.2 Å². The van der Waals surface area contributed by atoms with Crippen molar-refractivity contribution in [3.8, 4) is 0 Å². The third kappa shape index (κ3) is 1.79. The summed E-state index contributed by atoms with van der Waals surface area (Å²) in [6, 6.07) is 3.35. The van der Waals surface area contributed by atoms with Crippen molar-refractivity contribution in [3.63, 3.8) is 0 Å². The van der Waals surface area contributed by atoms with Crippen molar-refractivity contribution in [2.45, 2.75) is 18.4 Å². The maximum Gasteiger partial charge on any atom is 0.128 e. The van der Waals surface area contributed by atoms with Crippen LogP contribution in [0.3, 0.4) is 0 Å². The van der Waals surface area contributed by atoms with Crippen LogP contribution in [0.5, 0.6) is 0 Å². The zero-order valence-electron chi connectivity index (χ0n) is 7.23. The number of rotatable bonds is 2. The molecule has 0 amide bonds. The molecule has 0 spiro atoms. The number of nitrogens with two attached hydrogens (primary N) is 1. The second kappa shape index (κ2) is 3.92. The van der Waals surface area contributed by atoms with Crippen LogP contribution in [0.15, 0.2) is 17.0 Å². The molecule has 0 aliphatic carbocycles. The van der Waals surface area contributed by atoms with Crippen LogP contribution >= 0.6 is 11.8 Å². The normalized spacial score (nSPS) is 10.3. The van der Waals surface area contributed by atoms with Gasteiger partial charge in [0.05, 0.1) is 0 Å². The van der Waals surface area contributed by atoms with E-state index in [0.717, 1.165) is 10.5 Å². The standard InChI is InChI=1S/C9H12FNS/c1-6-3-8(10)7(5-11)4-9(6)12-2/h3-4H,5,11H2,1-2H3. The molecule has 0 aromatic heterocycles. The number of benzene rings is 1. The molecule has 0 unspecified atom stereocenters. The fourth-order valence-corrected chi connectivity index (χ4v) is 1.71. The Kier molecular flexibility index (Phi) is 3.12. The molecule has 0 bridgehead atoms. The summed E-state index contributed by atoms with van der Waals surface area (Å²) in [6.07, 6.45) is 1.97. The summed E-state index contributed by atoms with van der Waals surface area (Å²) in [5.41, 5.74) is 6.93. The number of hydrogen-bond acceptors (Lipinski definition) is 2. The summed E-state index contributed by atoms with van der Waals surface area (Å²) < 4.78 is 13.1. The molecule has 1 rings (SSSR count). The van der Waals surface area contributed by atoms with E-state index in [4.69, 9.17) is 5.73 Å². The van der Waals surface area contributed by atoms with E-state index in [1.165, 1.54) is 6.07 Å². The summed E-state index contributed by atoms with van der Waals surface area (Å²) in [4.78, 5) is 1.09. The van der Waals surface area contributed by atoms with Crippen LogP contribution in [0, 0.1) is 12.7 Å². The van der Waals surface area contributed by atoms with Crippen LogP contribution in [-0.2, 0) is 6.54 Å². The van der Waals surface area contributed by atoms with E-state index >= 15 is 0 Å². The molecule has 3 heteroatoms. The van der Waals surface area contributed by atoms with Crippen LogP contribution in [0.2, 0.25) is 0 Å². The van der Waals surface area contributed by atoms with Crippen molar-refractivity contribution in [1.29, 1.82) is 0 Å². The highest BCUT2D eigenvalue weighted by molar-refractivity contribution is 7.98. The zero-order chi connectivity index (χ0) is 9.14. The third-order valence-corrected chi connectivity index (χ3v) is 2.66. The van der Waals surface area contributed by atoms with Gasteiger partial charge in [-0.05, 0) is 30.9 Å². The van der Waals surface area contributed by atoms with Gasteiger partial charge >= 0.3 is 0 Å². The van der Waals surface area contributed by atoms with Gasteiger partial charge in [0.2, 0.25) is 0 Å². The first-order valence-corrected chi connectivity index (χ1v) is 4.94. The van der Waals surface area contributed by atoms with Gasteiger partial charge in [-0.25, -0.2) is 4.39 Å². The molecule has 0 heterocycles. The zero-order valence-corrected chi connectivity index (χ0v) is 8.04. The number of thioether (sulfide) groups is 1. The van der Waals surface area contributed by atoms with Crippen LogP contribution in [-0.4, -0.2) is 6.26 Å². The first-order chi connectivity index (χ1) is 5.69. The Hall–Kier alpha value is -0.540. The molecule has 1 aromatic rings. The molecular weight excluding hydrogens is 173 g/mol. The largest absolute Gasteiger partial charge is 0.326 e. The number of aryl methyl sites for hydroxylation is 1. The molecule has 0 saturated heterocycles. The minimum absolute atomic E-state index is 0.201. The van der Waals surface area contributed by atoms with Gasteiger partial charge in [0.1, 0.15) is 5.82 Å². The summed E-state index contributed by atoms with van der Waals surface area (Å²) in [5.74, 6) is -0.201. The first kappa shape index (κ1) is 9.55. The molecule has 12 heavy (non-hydrogen) atoms. The Morgan fingerprint density at radius 3 is 2.67 bits per heavy atom. The second-order valence-electron chi connectivity index (χ2n) is 2.62. The molecular formula is C9H12FNS. The van der Waals surface area contributed by atoms with E-state index in [1.807, 2.05) is 19.2 Å². The Morgan fingerprint density at radius 2 is 2.17 bits per heavy atom. The van der Waals surface area contributed by atoms with E-state index in [0.29, 0.717) is 5.56 Å². The lowest BCUT2D eigenvalue weighted by molar-refractivity contribution is 0.607. The van der Waals surface area contributed by atoms with Crippen molar-refractivity contribution in [3.05, 3.63) is 29.1 Å². The fraction of sp³-hybridized carbons (Fsp3) is 0.333. The number of halogens is 1. The van der Waals surface area contributed by atoms with E-state index in [-0.39, 0.29) is 12.4 Å². The van der Waals surface area contributed by atoms with Crippen molar-refractivity contribution in [1.82, 2.24) is 0 Å². The van der Waals surface area contributed by atoms with Gasteiger partial charge in [0, 0.05) is 17.0 Å². The highest BCUT2D eigenvalue weighted by atomic mass is 32.2. The molecule has 0 fully saturated rings. The lowest BCUT2D eigenvalue weighted by Crippen LogP contribution is -2.00. The molecule has 0 aliphatic heterocycles. The fourth-order valence-electron chi connectivity index (χ4n) is 1.07. The minimum Gasteiger partial charge on any atom is -0.326 e. The highest BCUT2D eigenvalue weighted by Crippen LogP contribution is 2.22. The quantitative estimate of drug-likeness (QED) is 0.715.